The van der Waals surface area contributed by atoms with Crippen LogP contribution in [0.4, 0.5) is 28.9 Å². The van der Waals surface area contributed by atoms with Crippen LogP contribution in [0.2, 0.25) is 0 Å². The zero-order chi connectivity index (χ0) is 32.2. The number of likely N-dealkylation sites (tertiary alicyclic amines) is 1. The van der Waals surface area contributed by atoms with E-state index in [0.29, 0.717) is 57.0 Å². The molecule has 2 aromatic carbocycles. The van der Waals surface area contributed by atoms with E-state index in [4.69, 9.17) is 9.47 Å². The van der Waals surface area contributed by atoms with Gasteiger partial charge >= 0.3 is 6.18 Å². The van der Waals surface area contributed by atoms with Crippen molar-refractivity contribution in [1.82, 2.24) is 4.90 Å². The van der Waals surface area contributed by atoms with E-state index in [9.17, 15) is 17.7 Å². The van der Waals surface area contributed by atoms with E-state index in [0.717, 1.165) is 32.4 Å². The van der Waals surface area contributed by atoms with Crippen LogP contribution in [-0.4, -0.2) is 82.6 Å². The molecule has 5 rings (SSSR count). The van der Waals surface area contributed by atoms with Gasteiger partial charge in [0.15, 0.2) is 0 Å². The lowest BCUT2D eigenvalue weighted by Crippen LogP contribution is -2.52. The molecule has 3 heterocycles. The third kappa shape index (κ3) is 8.53. The van der Waals surface area contributed by atoms with Crippen molar-refractivity contribution >= 4 is 45.2 Å². The molecule has 3 atom stereocenters. The Morgan fingerprint density at radius 1 is 1.16 bits per heavy atom. The van der Waals surface area contributed by atoms with E-state index >= 15 is 4.39 Å². The maximum absolute atomic E-state index is 15.5. The van der Waals surface area contributed by atoms with Gasteiger partial charge < -0.3 is 24.7 Å². The molecule has 2 aliphatic rings. The Bertz CT molecular complexity index is 1590. The van der Waals surface area contributed by atoms with Crippen molar-refractivity contribution in [3.8, 4) is 17.6 Å². The van der Waals surface area contributed by atoms with Crippen LogP contribution in [0.3, 0.4) is 0 Å². The number of methoxy groups -OCH3 is 1. The SMILES string of the molecule is COc1cc(P(C)(C)=O)ccc1NCC#Cc1sc2c(N[C@@H]3CCN(C4CCCCOC4)C[C@@H]3F)cccc2c1CC(F)(F)F. The van der Waals surface area contributed by atoms with E-state index in [1.54, 1.807) is 49.7 Å². The van der Waals surface area contributed by atoms with Crippen LogP contribution < -0.4 is 20.7 Å². The van der Waals surface area contributed by atoms with Crippen LogP contribution in [-0.2, 0) is 15.7 Å². The number of fused-ring (bicyclic) bond motifs is 1. The zero-order valence-electron chi connectivity index (χ0n) is 25.8. The number of halogens is 4. The lowest BCUT2D eigenvalue weighted by Gasteiger charge is -2.39. The maximum atomic E-state index is 15.5. The molecule has 1 unspecified atom stereocenters. The van der Waals surface area contributed by atoms with Crippen LogP contribution in [0.1, 0.15) is 36.1 Å². The number of anilines is 2. The van der Waals surface area contributed by atoms with E-state index in [1.165, 1.54) is 18.4 Å². The highest BCUT2D eigenvalue weighted by molar-refractivity contribution is 7.70. The summed E-state index contributed by atoms with van der Waals surface area (Å²) in [5, 5.41) is 7.63. The molecule has 0 saturated carbocycles. The van der Waals surface area contributed by atoms with Crippen molar-refractivity contribution in [2.24, 2.45) is 0 Å². The topological polar surface area (TPSA) is 62.8 Å². The quantitative estimate of drug-likeness (QED) is 0.152. The largest absolute Gasteiger partial charge is 0.495 e. The molecule has 2 aliphatic heterocycles. The summed E-state index contributed by atoms with van der Waals surface area (Å²) >= 11 is 1.20. The van der Waals surface area contributed by atoms with E-state index in [2.05, 4.69) is 27.4 Å². The molecule has 45 heavy (non-hydrogen) atoms. The van der Waals surface area contributed by atoms with Crippen molar-refractivity contribution in [2.45, 2.75) is 56.5 Å². The Kier molecular flexibility index (Phi) is 10.7. The zero-order valence-corrected chi connectivity index (χ0v) is 27.5. The predicted molar refractivity (Wildman–Crippen MR) is 176 cm³/mol. The molecule has 0 bridgehead atoms. The highest BCUT2D eigenvalue weighted by atomic mass is 32.1. The van der Waals surface area contributed by atoms with E-state index < -0.39 is 32.0 Å². The number of nitrogens with zero attached hydrogens (tertiary/aromatic N) is 1. The van der Waals surface area contributed by atoms with Crippen LogP contribution in [0.5, 0.6) is 5.75 Å². The standard InChI is InChI=1S/C33H40F4N3O3PS/c1-42-30-18-23(44(2,3)41)12-13-28(30)38-15-7-11-31-25(19-33(35,36)37)24-9-6-10-29(32(24)45-31)39-27-14-16-40(20-26(27)34)22-8-4-5-17-43-21-22/h6,9-10,12-13,18,22,26-27,38-39H,4-5,8,14-17,19-21H2,1-3H3/t22?,26-,27+/m0/s1. The van der Waals surface area contributed by atoms with Crippen molar-refractivity contribution in [2.75, 3.05) is 63.9 Å². The average Bonchev–Trinajstić information content (AvgIpc) is 3.14. The van der Waals surface area contributed by atoms with Crippen LogP contribution >= 0.6 is 18.5 Å². The molecule has 2 fully saturated rings. The second kappa shape index (κ2) is 14.3. The first-order chi connectivity index (χ1) is 21.4. The number of benzene rings is 2. The van der Waals surface area contributed by atoms with Gasteiger partial charge in [0.05, 0.1) is 53.7 Å². The van der Waals surface area contributed by atoms with Gasteiger partial charge in [-0.3, -0.25) is 4.90 Å². The lowest BCUT2D eigenvalue weighted by atomic mass is 9.99. The van der Waals surface area contributed by atoms with Gasteiger partial charge in [-0.05, 0) is 74.2 Å². The minimum absolute atomic E-state index is 0.127. The van der Waals surface area contributed by atoms with Gasteiger partial charge in [-0.1, -0.05) is 24.0 Å². The fourth-order valence-corrected chi connectivity index (χ4v) is 8.02. The van der Waals surface area contributed by atoms with Gasteiger partial charge in [0.25, 0.3) is 0 Å². The van der Waals surface area contributed by atoms with E-state index in [-0.39, 0.29) is 18.2 Å². The number of hydrogen-bond acceptors (Lipinski definition) is 7. The second-order valence-corrected chi connectivity index (χ2v) is 16.3. The Hall–Kier alpha value is -2.77. The van der Waals surface area contributed by atoms with Crippen molar-refractivity contribution in [3.05, 3.63) is 46.8 Å². The third-order valence-electron chi connectivity index (χ3n) is 8.39. The summed E-state index contributed by atoms with van der Waals surface area (Å²) in [6, 6.07) is 10.2. The molecule has 244 valence electrons. The fourth-order valence-electron chi connectivity index (χ4n) is 5.98. The number of alkyl halides is 4. The van der Waals surface area contributed by atoms with Crippen LogP contribution in [0, 0.1) is 11.8 Å². The Morgan fingerprint density at radius 3 is 2.71 bits per heavy atom. The molecule has 1 aromatic heterocycles. The lowest BCUT2D eigenvalue weighted by molar-refractivity contribution is -0.126. The van der Waals surface area contributed by atoms with Gasteiger partial charge in [-0.2, -0.15) is 13.2 Å². The smallest absolute Gasteiger partial charge is 0.393 e. The van der Waals surface area contributed by atoms with Crippen LogP contribution in [0.15, 0.2) is 36.4 Å². The third-order valence-corrected chi connectivity index (χ3v) is 11.1. The van der Waals surface area contributed by atoms with Gasteiger partial charge in [-0.15, -0.1) is 11.3 Å². The second-order valence-electron chi connectivity index (χ2n) is 12.0. The first-order valence-electron chi connectivity index (χ1n) is 15.2. The van der Waals surface area contributed by atoms with Crippen molar-refractivity contribution in [3.63, 3.8) is 0 Å². The number of nitrogens with one attached hydrogen (secondary N) is 2. The fraction of sp³-hybridized carbons (Fsp3) is 0.515. The number of thiophene rings is 1. The first kappa shape index (κ1) is 33.6. The van der Waals surface area contributed by atoms with Crippen LogP contribution in [0.25, 0.3) is 10.1 Å². The molecule has 0 amide bonds. The monoisotopic (exact) mass is 665 g/mol. The summed E-state index contributed by atoms with van der Waals surface area (Å²) in [5.41, 5.74) is 1.39. The van der Waals surface area contributed by atoms with Gasteiger partial charge in [-0.25, -0.2) is 4.39 Å². The minimum atomic E-state index is -4.42. The molecule has 0 radical (unpaired) electrons. The summed E-state index contributed by atoms with van der Waals surface area (Å²) in [4.78, 5) is 2.51. The summed E-state index contributed by atoms with van der Waals surface area (Å²) in [6.45, 7) is 5.93. The Labute approximate surface area is 266 Å². The summed E-state index contributed by atoms with van der Waals surface area (Å²) in [6.07, 6.45) is -2.95. The van der Waals surface area contributed by atoms with Crippen molar-refractivity contribution in [1.29, 1.82) is 0 Å². The van der Waals surface area contributed by atoms with Gasteiger partial charge in [0.1, 0.15) is 19.1 Å². The average molecular weight is 666 g/mol. The normalized spacial score (nSPS) is 21.5. The summed E-state index contributed by atoms with van der Waals surface area (Å²) in [5.74, 6) is 6.42. The van der Waals surface area contributed by atoms with Crippen molar-refractivity contribution < 1.29 is 31.6 Å². The number of rotatable bonds is 8. The molecule has 0 spiro atoms. The predicted octanol–water partition coefficient (Wildman–Crippen LogP) is 7.12. The highest BCUT2D eigenvalue weighted by Crippen LogP contribution is 2.40. The molecule has 0 aliphatic carbocycles. The molecular weight excluding hydrogens is 625 g/mol. The number of piperidine rings is 1. The Balaban J connectivity index is 1.34. The molecule has 6 nitrogen and oxygen atoms in total. The number of hydrogen-bond donors (Lipinski definition) is 2. The maximum Gasteiger partial charge on any atom is 0.393 e. The minimum Gasteiger partial charge on any atom is -0.495 e. The summed E-state index contributed by atoms with van der Waals surface area (Å²) < 4.78 is 80.8. The summed E-state index contributed by atoms with van der Waals surface area (Å²) in [7, 11) is -0.963. The Morgan fingerprint density at radius 2 is 1.98 bits per heavy atom. The molecule has 3 aromatic rings. The highest BCUT2D eigenvalue weighted by Gasteiger charge is 2.34. The molecule has 12 heteroatoms. The van der Waals surface area contributed by atoms with Gasteiger partial charge in [0, 0.05) is 31.0 Å². The number of ether oxygens (including phenoxy) is 2. The molecule has 2 N–H and O–H groups in total. The molecular formula is C33H40F4N3O3PS. The van der Waals surface area contributed by atoms with E-state index in [1.807, 2.05) is 0 Å². The molecule has 2 saturated heterocycles. The van der Waals surface area contributed by atoms with Gasteiger partial charge in [0.2, 0.25) is 0 Å². The first-order valence-corrected chi connectivity index (χ1v) is 18.6.